The molecule has 1 aromatic heterocycles. The number of rotatable bonds is 4. The third kappa shape index (κ3) is 3.20. The fraction of sp³-hybridized carbons (Fsp3) is 0.389. The number of aromatic nitrogens is 2. The van der Waals surface area contributed by atoms with Gasteiger partial charge in [0.05, 0.1) is 17.6 Å². The fourth-order valence-corrected chi connectivity index (χ4v) is 5.67. The normalized spacial score (nSPS) is 19.8. The van der Waals surface area contributed by atoms with E-state index in [1.165, 1.54) is 24.6 Å². The van der Waals surface area contributed by atoms with Gasteiger partial charge in [-0.1, -0.05) is 0 Å². The summed E-state index contributed by atoms with van der Waals surface area (Å²) in [5.74, 6) is 1.19. The van der Waals surface area contributed by atoms with E-state index >= 15 is 0 Å². The van der Waals surface area contributed by atoms with Crippen LogP contribution in [0.15, 0.2) is 33.7 Å². The van der Waals surface area contributed by atoms with Gasteiger partial charge in [0.1, 0.15) is 5.82 Å². The van der Waals surface area contributed by atoms with Crippen molar-refractivity contribution in [2.75, 3.05) is 22.5 Å². The van der Waals surface area contributed by atoms with Crippen molar-refractivity contribution >= 4 is 44.4 Å². The highest BCUT2D eigenvalue weighted by Gasteiger charge is 2.33. The van der Waals surface area contributed by atoms with Gasteiger partial charge in [0, 0.05) is 29.1 Å². The number of nitrogens with one attached hydrogen (secondary N) is 1. The summed E-state index contributed by atoms with van der Waals surface area (Å²) in [5, 5.41) is 7.83. The second-order valence-electron chi connectivity index (χ2n) is 7.35. The molecule has 1 amide bonds. The van der Waals surface area contributed by atoms with E-state index in [1.54, 1.807) is 18.3 Å². The van der Waals surface area contributed by atoms with Gasteiger partial charge in [-0.15, -0.1) is 4.40 Å². The Morgan fingerprint density at radius 2 is 2.18 bits per heavy atom. The van der Waals surface area contributed by atoms with Crippen LogP contribution in [-0.2, 0) is 16.6 Å². The van der Waals surface area contributed by atoms with Crippen molar-refractivity contribution < 1.29 is 13.2 Å². The first-order valence-corrected chi connectivity index (χ1v) is 11.6. The highest BCUT2D eigenvalue weighted by atomic mass is 32.2. The number of benzene rings is 1. The van der Waals surface area contributed by atoms with E-state index in [0.29, 0.717) is 23.2 Å². The van der Waals surface area contributed by atoms with Crippen LogP contribution in [-0.4, -0.2) is 41.6 Å². The second kappa shape index (κ2) is 6.35. The van der Waals surface area contributed by atoms with Crippen LogP contribution in [0, 0.1) is 12.8 Å². The van der Waals surface area contributed by atoms with Crippen LogP contribution in [0.2, 0.25) is 0 Å². The summed E-state index contributed by atoms with van der Waals surface area (Å²) in [6.45, 7) is 3.14. The van der Waals surface area contributed by atoms with Crippen LogP contribution in [0.5, 0.6) is 0 Å². The van der Waals surface area contributed by atoms with Crippen molar-refractivity contribution in [3.05, 3.63) is 35.5 Å². The molecule has 0 saturated heterocycles. The van der Waals surface area contributed by atoms with Crippen molar-refractivity contribution in [1.82, 2.24) is 9.78 Å². The van der Waals surface area contributed by atoms with Gasteiger partial charge in [-0.05, 0) is 55.6 Å². The van der Waals surface area contributed by atoms with Crippen molar-refractivity contribution in [3.63, 3.8) is 0 Å². The number of hydrogen-bond acceptors (Lipinski definition) is 6. The SMILES string of the molecule is Cc1cnn(CC2CC2)c1NC(=O)c1ccc2c(c1)SC1=NS(=O)(=O)CCN12. The quantitative estimate of drug-likeness (QED) is 0.821. The molecule has 0 atom stereocenters. The fourth-order valence-electron chi connectivity index (χ4n) is 3.38. The molecule has 28 heavy (non-hydrogen) atoms. The van der Waals surface area contributed by atoms with Crippen molar-refractivity contribution in [2.24, 2.45) is 10.3 Å². The monoisotopic (exact) mass is 417 g/mol. The smallest absolute Gasteiger partial charge is 0.257 e. The second-order valence-corrected chi connectivity index (χ2v) is 10.1. The maximum atomic E-state index is 12.8. The van der Waals surface area contributed by atoms with Crippen LogP contribution < -0.4 is 10.2 Å². The molecule has 8 nitrogen and oxygen atoms in total. The molecule has 0 unspecified atom stereocenters. The summed E-state index contributed by atoms with van der Waals surface area (Å²) in [5.41, 5.74) is 2.35. The summed E-state index contributed by atoms with van der Waals surface area (Å²) >= 11 is 1.28. The number of fused-ring (bicyclic) bond motifs is 3. The van der Waals surface area contributed by atoms with Gasteiger partial charge in [0.25, 0.3) is 15.9 Å². The number of amidine groups is 1. The molecule has 0 spiro atoms. The summed E-state index contributed by atoms with van der Waals surface area (Å²) < 4.78 is 29.2. The largest absolute Gasteiger partial charge is 0.318 e. The van der Waals surface area contributed by atoms with Crippen LogP contribution in [0.3, 0.4) is 0 Å². The molecule has 1 fully saturated rings. The summed E-state index contributed by atoms with van der Waals surface area (Å²) in [6, 6.07) is 5.41. The highest BCUT2D eigenvalue weighted by molar-refractivity contribution is 8.15. The number of hydrogen-bond donors (Lipinski definition) is 1. The highest BCUT2D eigenvalue weighted by Crippen LogP contribution is 2.42. The molecule has 0 radical (unpaired) electrons. The Bertz CT molecular complexity index is 1120. The average Bonchev–Trinajstić information content (AvgIpc) is 3.31. The maximum absolute atomic E-state index is 12.8. The molecule has 10 heteroatoms. The molecule has 1 saturated carbocycles. The zero-order valence-corrected chi connectivity index (χ0v) is 16.9. The third-order valence-electron chi connectivity index (χ3n) is 5.12. The van der Waals surface area contributed by atoms with Gasteiger partial charge in [0.15, 0.2) is 5.17 Å². The number of sulfonamides is 1. The lowest BCUT2D eigenvalue weighted by Crippen LogP contribution is -2.35. The number of aryl methyl sites for hydroxylation is 1. The zero-order chi connectivity index (χ0) is 19.5. The molecule has 3 aliphatic rings. The van der Waals surface area contributed by atoms with Gasteiger partial charge >= 0.3 is 0 Å². The number of nitrogens with zero attached hydrogens (tertiary/aromatic N) is 4. The van der Waals surface area contributed by atoms with Gasteiger partial charge < -0.3 is 10.2 Å². The van der Waals surface area contributed by atoms with Gasteiger partial charge in [-0.3, -0.25) is 4.79 Å². The van der Waals surface area contributed by atoms with Gasteiger partial charge in [-0.2, -0.15) is 5.10 Å². The third-order valence-corrected chi connectivity index (χ3v) is 7.42. The molecule has 3 heterocycles. The molecular weight excluding hydrogens is 398 g/mol. The summed E-state index contributed by atoms with van der Waals surface area (Å²) in [6.07, 6.45) is 4.20. The minimum atomic E-state index is -3.39. The number of anilines is 2. The molecule has 0 bridgehead atoms. The van der Waals surface area contributed by atoms with Gasteiger partial charge in [-0.25, -0.2) is 13.1 Å². The van der Waals surface area contributed by atoms with E-state index in [0.717, 1.165) is 28.5 Å². The zero-order valence-electron chi connectivity index (χ0n) is 15.3. The molecule has 2 aromatic rings. The predicted molar refractivity (Wildman–Crippen MR) is 109 cm³/mol. The standard InChI is InChI=1S/C18H19N5O3S2/c1-11-9-19-23(10-12-2-3-12)16(11)20-17(24)13-4-5-14-15(8-13)27-18-21-28(25,26)7-6-22(14)18/h4-5,8-9,12H,2-3,6-7,10H2,1H3,(H,20,24). The van der Waals surface area contributed by atoms with E-state index in [2.05, 4.69) is 14.8 Å². The Labute approximate surface area is 167 Å². The van der Waals surface area contributed by atoms with E-state index < -0.39 is 10.0 Å². The molecule has 5 rings (SSSR count). The van der Waals surface area contributed by atoms with E-state index in [4.69, 9.17) is 0 Å². The van der Waals surface area contributed by atoms with Gasteiger partial charge in [0.2, 0.25) is 0 Å². The molecule has 2 aliphatic heterocycles. The summed E-state index contributed by atoms with van der Waals surface area (Å²) in [7, 11) is -3.39. The lowest BCUT2D eigenvalue weighted by atomic mass is 10.2. The minimum absolute atomic E-state index is 0.00297. The van der Waals surface area contributed by atoms with E-state index in [-0.39, 0.29) is 11.7 Å². The maximum Gasteiger partial charge on any atom is 0.257 e. The Hall–Kier alpha value is -2.33. The van der Waals surface area contributed by atoms with Crippen molar-refractivity contribution in [1.29, 1.82) is 0 Å². The Morgan fingerprint density at radius 1 is 1.36 bits per heavy atom. The predicted octanol–water partition coefficient (Wildman–Crippen LogP) is 2.47. The number of amides is 1. The number of carbonyl (C=O) groups excluding carboxylic acids is 1. The van der Waals surface area contributed by atoms with Crippen LogP contribution >= 0.6 is 11.8 Å². The molecule has 146 valence electrons. The minimum Gasteiger partial charge on any atom is -0.318 e. The topological polar surface area (TPSA) is 96.7 Å². The van der Waals surface area contributed by atoms with Crippen LogP contribution in [0.1, 0.15) is 28.8 Å². The number of carbonyl (C=O) groups is 1. The first-order valence-electron chi connectivity index (χ1n) is 9.15. The summed E-state index contributed by atoms with van der Waals surface area (Å²) in [4.78, 5) is 15.6. The van der Waals surface area contributed by atoms with Crippen LogP contribution in [0.25, 0.3) is 0 Å². The first-order chi connectivity index (χ1) is 13.4. The van der Waals surface area contributed by atoms with E-state index in [9.17, 15) is 13.2 Å². The number of thioether (sulfide) groups is 1. The van der Waals surface area contributed by atoms with Crippen molar-refractivity contribution in [2.45, 2.75) is 31.2 Å². The Morgan fingerprint density at radius 3 is 2.96 bits per heavy atom. The molecule has 1 aromatic carbocycles. The van der Waals surface area contributed by atoms with Crippen molar-refractivity contribution in [3.8, 4) is 0 Å². The average molecular weight is 418 g/mol. The lowest BCUT2D eigenvalue weighted by molar-refractivity contribution is 0.102. The Balaban J connectivity index is 1.39. The first kappa shape index (κ1) is 17.7. The molecule has 1 aliphatic carbocycles. The molecular formula is C18H19N5O3S2. The van der Waals surface area contributed by atoms with E-state index in [1.807, 2.05) is 22.6 Å². The molecule has 1 N–H and O–H groups in total. The van der Waals surface area contributed by atoms with Crippen LogP contribution in [0.4, 0.5) is 11.5 Å². The lowest BCUT2D eigenvalue weighted by Gasteiger charge is -2.22. The Kier molecular flexibility index (Phi) is 4.02.